The van der Waals surface area contributed by atoms with E-state index < -0.39 is 10.0 Å². The third-order valence-corrected chi connectivity index (χ3v) is 4.61. The lowest BCUT2D eigenvalue weighted by Crippen LogP contribution is -2.18. The summed E-state index contributed by atoms with van der Waals surface area (Å²) in [4.78, 5) is 2.27. The maximum Gasteiger partial charge on any atom is 0.276 e. The van der Waals surface area contributed by atoms with Crippen molar-refractivity contribution in [1.82, 2.24) is 4.83 Å². The fraction of sp³-hybridized carbons (Fsp3) is 0.211. The molecule has 0 aliphatic carbocycles. The third kappa shape index (κ3) is 5.75. The van der Waals surface area contributed by atoms with Crippen molar-refractivity contribution < 1.29 is 22.6 Å². The lowest BCUT2D eigenvalue weighted by molar-refractivity contribution is 0.326. The van der Waals surface area contributed by atoms with Gasteiger partial charge in [0.05, 0.1) is 24.8 Å². The van der Waals surface area contributed by atoms with Gasteiger partial charge in [0.1, 0.15) is 12.4 Å². The molecule has 0 bridgehead atoms. The first-order valence-corrected chi connectivity index (χ1v) is 9.68. The number of rotatable bonds is 10. The minimum Gasteiger partial charge on any atom is -0.494 e. The number of hydrogen-bond donors (Lipinski definition) is 1. The molecule has 27 heavy (non-hydrogen) atoms. The van der Waals surface area contributed by atoms with Crippen LogP contribution in [0.1, 0.15) is 12.5 Å². The Kier molecular flexibility index (Phi) is 7.25. The number of nitrogens with one attached hydrogen (secondary N) is 1. The van der Waals surface area contributed by atoms with Crippen molar-refractivity contribution in [2.24, 2.45) is 5.10 Å². The zero-order chi connectivity index (χ0) is 19.7. The van der Waals surface area contributed by atoms with Crippen LogP contribution >= 0.6 is 0 Å². The highest BCUT2D eigenvalue weighted by atomic mass is 32.2. The van der Waals surface area contributed by atoms with Crippen molar-refractivity contribution >= 4 is 16.2 Å². The summed E-state index contributed by atoms with van der Waals surface area (Å²) in [5.74, 6) is 1.67. The molecule has 0 spiro atoms. The molecule has 0 amide bonds. The van der Waals surface area contributed by atoms with E-state index >= 15 is 0 Å². The second-order valence-electron chi connectivity index (χ2n) is 5.27. The Hall–Kier alpha value is -3.00. The van der Waals surface area contributed by atoms with E-state index in [4.69, 9.17) is 14.2 Å². The van der Waals surface area contributed by atoms with Gasteiger partial charge in [-0.1, -0.05) is 12.7 Å². The summed E-state index contributed by atoms with van der Waals surface area (Å²) in [7, 11) is -2.25. The standard InChI is InChI=1S/C19H22N2O5S/c1-4-12-26-18-11-6-15(13-19(18)24-3)14-20-21-27(22,23)17-9-7-16(8-10-17)25-5-2/h4,6-11,13-14,21H,1,5,12H2,2-3H3/b20-14+. The number of methoxy groups -OCH3 is 1. The maximum atomic E-state index is 12.3. The fourth-order valence-corrected chi connectivity index (χ4v) is 2.93. The molecule has 0 saturated carbocycles. The Morgan fingerprint density at radius 3 is 2.48 bits per heavy atom. The normalized spacial score (nSPS) is 11.2. The first-order chi connectivity index (χ1) is 13.0. The molecular weight excluding hydrogens is 368 g/mol. The number of sulfonamides is 1. The van der Waals surface area contributed by atoms with Gasteiger partial charge < -0.3 is 14.2 Å². The highest BCUT2D eigenvalue weighted by Gasteiger charge is 2.12. The Morgan fingerprint density at radius 1 is 1.11 bits per heavy atom. The van der Waals surface area contributed by atoms with Gasteiger partial charge in [-0.15, -0.1) is 0 Å². The van der Waals surface area contributed by atoms with E-state index in [-0.39, 0.29) is 4.90 Å². The van der Waals surface area contributed by atoms with Crippen LogP contribution in [0.2, 0.25) is 0 Å². The molecule has 0 fully saturated rings. The largest absolute Gasteiger partial charge is 0.494 e. The zero-order valence-electron chi connectivity index (χ0n) is 15.2. The monoisotopic (exact) mass is 390 g/mol. The zero-order valence-corrected chi connectivity index (χ0v) is 16.0. The Balaban J connectivity index is 2.08. The van der Waals surface area contributed by atoms with Crippen molar-refractivity contribution in [3.63, 3.8) is 0 Å². The predicted molar refractivity (Wildman–Crippen MR) is 104 cm³/mol. The molecule has 0 saturated heterocycles. The van der Waals surface area contributed by atoms with Crippen LogP contribution in [0.4, 0.5) is 0 Å². The molecule has 0 aliphatic rings. The topological polar surface area (TPSA) is 86.2 Å². The van der Waals surface area contributed by atoms with Gasteiger partial charge in [0.25, 0.3) is 10.0 Å². The summed E-state index contributed by atoms with van der Waals surface area (Å²) in [5.41, 5.74) is 0.646. The lowest BCUT2D eigenvalue weighted by Gasteiger charge is -2.09. The Bertz CT molecular complexity index is 893. The summed E-state index contributed by atoms with van der Waals surface area (Å²) in [5, 5.41) is 3.81. The van der Waals surface area contributed by atoms with Gasteiger partial charge in [-0.25, -0.2) is 4.83 Å². The van der Waals surface area contributed by atoms with E-state index in [0.29, 0.717) is 36.0 Å². The van der Waals surface area contributed by atoms with E-state index in [1.165, 1.54) is 25.5 Å². The van der Waals surface area contributed by atoms with Crippen LogP contribution in [0.5, 0.6) is 17.2 Å². The van der Waals surface area contributed by atoms with Crippen LogP contribution in [0, 0.1) is 0 Å². The average molecular weight is 390 g/mol. The second-order valence-corrected chi connectivity index (χ2v) is 6.93. The van der Waals surface area contributed by atoms with Crippen LogP contribution < -0.4 is 19.0 Å². The van der Waals surface area contributed by atoms with Crippen LogP contribution in [0.15, 0.2) is 65.1 Å². The average Bonchev–Trinajstić information content (AvgIpc) is 2.67. The van der Waals surface area contributed by atoms with Crippen molar-refractivity contribution in [3.8, 4) is 17.2 Å². The van der Waals surface area contributed by atoms with E-state index in [9.17, 15) is 8.42 Å². The van der Waals surface area contributed by atoms with E-state index in [2.05, 4.69) is 16.5 Å². The molecule has 1 N–H and O–H groups in total. The third-order valence-electron chi connectivity index (χ3n) is 3.38. The number of nitrogens with zero attached hydrogens (tertiary/aromatic N) is 1. The molecule has 0 aliphatic heterocycles. The molecule has 0 radical (unpaired) electrons. The van der Waals surface area contributed by atoms with E-state index in [0.717, 1.165) is 0 Å². The number of benzene rings is 2. The fourth-order valence-electron chi connectivity index (χ4n) is 2.14. The lowest BCUT2D eigenvalue weighted by atomic mass is 10.2. The number of ether oxygens (including phenoxy) is 3. The van der Waals surface area contributed by atoms with Gasteiger partial charge in [-0.3, -0.25) is 0 Å². The Labute approximate surface area is 159 Å². The predicted octanol–water partition coefficient (Wildman–Crippen LogP) is 2.97. The molecule has 0 atom stereocenters. The van der Waals surface area contributed by atoms with Gasteiger partial charge in [0.15, 0.2) is 11.5 Å². The van der Waals surface area contributed by atoms with Crippen LogP contribution in [-0.4, -0.2) is 35.0 Å². The van der Waals surface area contributed by atoms with Gasteiger partial charge in [-0.2, -0.15) is 13.5 Å². The Morgan fingerprint density at radius 2 is 1.85 bits per heavy atom. The van der Waals surface area contributed by atoms with Gasteiger partial charge >= 0.3 is 0 Å². The SMILES string of the molecule is C=CCOc1ccc(/C=N/NS(=O)(=O)c2ccc(OCC)cc2)cc1OC. The minimum absolute atomic E-state index is 0.0915. The molecule has 2 aromatic carbocycles. The second kappa shape index (κ2) is 9.63. The summed E-state index contributed by atoms with van der Waals surface area (Å²) in [6.07, 6.45) is 3.01. The molecule has 0 unspecified atom stereocenters. The maximum absolute atomic E-state index is 12.3. The molecule has 8 heteroatoms. The van der Waals surface area contributed by atoms with Gasteiger partial charge in [0, 0.05) is 0 Å². The van der Waals surface area contributed by atoms with Crippen LogP contribution in [0.3, 0.4) is 0 Å². The first kappa shape index (κ1) is 20.3. The van der Waals surface area contributed by atoms with Crippen LogP contribution in [0.25, 0.3) is 0 Å². The van der Waals surface area contributed by atoms with Crippen LogP contribution in [-0.2, 0) is 10.0 Å². The van der Waals surface area contributed by atoms with Crippen molar-refractivity contribution in [1.29, 1.82) is 0 Å². The van der Waals surface area contributed by atoms with E-state index in [1.54, 1.807) is 36.4 Å². The molecule has 144 valence electrons. The summed E-state index contributed by atoms with van der Waals surface area (Å²) < 4.78 is 40.6. The van der Waals surface area contributed by atoms with Crippen molar-refractivity contribution in [2.45, 2.75) is 11.8 Å². The van der Waals surface area contributed by atoms with Gasteiger partial charge in [0.2, 0.25) is 0 Å². The molecule has 0 aromatic heterocycles. The van der Waals surface area contributed by atoms with Crippen molar-refractivity contribution in [2.75, 3.05) is 20.3 Å². The summed E-state index contributed by atoms with van der Waals surface area (Å²) >= 11 is 0. The first-order valence-electron chi connectivity index (χ1n) is 8.19. The molecule has 0 heterocycles. The highest BCUT2D eigenvalue weighted by Crippen LogP contribution is 2.27. The molecule has 7 nitrogen and oxygen atoms in total. The summed E-state index contributed by atoms with van der Waals surface area (Å²) in [6, 6.07) is 11.2. The van der Waals surface area contributed by atoms with Gasteiger partial charge in [-0.05, 0) is 55.0 Å². The number of hydrazone groups is 1. The number of hydrogen-bond acceptors (Lipinski definition) is 6. The quantitative estimate of drug-likeness (QED) is 0.383. The smallest absolute Gasteiger partial charge is 0.276 e. The molecule has 2 aromatic rings. The highest BCUT2D eigenvalue weighted by molar-refractivity contribution is 7.89. The molecular formula is C19H22N2O5S. The molecule has 2 rings (SSSR count). The van der Waals surface area contributed by atoms with Crippen molar-refractivity contribution in [3.05, 3.63) is 60.7 Å². The summed E-state index contributed by atoms with van der Waals surface area (Å²) in [6.45, 7) is 6.31. The minimum atomic E-state index is -3.77. The van der Waals surface area contributed by atoms with E-state index in [1.807, 2.05) is 6.92 Å².